The predicted molar refractivity (Wildman–Crippen MR) is 79.2 cm³/mol. The third-order valence-corrected chi connectivity index (χ3v) is 4.26. The second-order valence-electron chi connectivity index (χ2n) is 5.78. The molecule has 5 nitrogen and oxygen atoms in total. The molecule has 0 spiro atoms. The van der Waals surface area contributed by atoms with Crippen LogP contribution in [0.1, 0.15) is 23.6 Å². The standard InChI is InChI=1S/C16H21FN2O3/c1-21-10-13-9-19(6-7-22-13)16(20)18-15-5-3-11-2-4-12(17)8-14(11)15/h2,4,8,13,15H,3,5-7,9-10H2,1H3,(H,18,20)/t13-,15-/m1/s1. The summed E-state index contributed by atoms with van der Waals surface area (Å²) in [6, 6.07) is 4.58. The topological polar surface area (TPSA) is 50.8 Å². The zero-order valence-electron chi connectivity index (χ0n) is 12.7. The van der Waals surface area contributed by atoms with Crippen molar-refractivity contribution in [1.82, 2.24) is 10.2 Å². The van der Waals surface area contributed by atoms with Crippen LogP contribution in [-0.4, -0.2) is 50.4 Å². The molecule has 1 saturated heterocycles. The number of halogens is 1. The van der Waals surface area contributed by atoms with Crippen LogP contribution < -0.4 is 5.32 Å². The van der Waals surface area contributed by atoms with Gasteiger partial charge in [0.25, 0.3) is 0 Å². The minimum absolute atomic E-state index is 0.0854. The van der Waals surface area contributed by atoms with Crippen LogP contribution in [0.2, 0.25) is 0 Å². The smallest absolute Gasteiger partial charge is 0.318 e. The molecule has 0 aromatic heterocycles. The number of carbonyl (C=O) groups is 1. The van der Waals surface area contributed by atoms with E-state index in [1.54, 1.807) is 18.1 Å². The molecule has 2 aliphatic rings. The highest BCUT2D eigenvalue weighted by Gasteiger charge is 2.29. The monoisotopic (exact) mass is 308 g/mol. The third-order valence-electron chi connectivity index (χ3n) is 4.26. The van der Waals surface area contributed by atoms with Crippen LogP contribution in [0.4, 0.5) is 9.18 Å². The molecule has 1 heterocycles. The van der Waals surface area contributed by atoms with Gasteiger partial charge in [-0.05, 0) is 36.1 Å². The van der Waals surface area contributed by atoms with Crippen LogP contribution in [0.15, 0.2) is 18.2 Å². The Bertz CT molecular complexity index is 550. The van der Waals surface area contributed by atoms with E-state index >= 15 is 0 Å². The van der Waals surface area contributed by atoms with Crippen molar-refractivity contribution < 1.29 is 18.7 Å². The summed E-state index contributed by atoms with van der Waals surface area (Å²) in [5.74, 6) is -0.258. The molecule has 1 aromatic rings. The van der Waals surface area contributed by atoms with E-state index in [9.17, 15) is 9.18 Å². The van der Waals surface area contributed by atoms with Gasteiger partial charge in [-0.15, -0.1) is 0 Å². The summed E-state index contributed by atoms with van der Waals surface area (Å²) in [5.41, 5.74) is 2.01. The Morgan fingerprint density at radius 2 is 2.41 bits per heavy atom. The number of carbonyl (C=O) groups excluding carboxylic acids is 1. The van der Waals surface area contributed by atoms with E-state index in [0.717, 1.165) is 24.0 Å². The number of amides is 2. The summed E-state index contributed by atoms with van der Waals surface area (Å²) in [5, 5.41) is 3.02. The molecule has 0 radical (unpaired) electrons. The van der Waals surface area contributed by atoms with Crippen LogP contribution in [0.3, 0.4) is 0 Å². The number of ether oxygens (including phenoxy) is 2. The summed E-state index contributed by atoms with van der Waals surface area (Å²) in [6.45, 7) is 2.07. The molecule has 2 amide bonds. The molecule has 0 saturated carbocycles. The van der Waals surface area contributed by atoms with E-state index in [-0.39, 0.29) is 24.0 Å². The van der Waals surface area contributed by atoms with Gasteiger partial charge in [0.15, 0.2) is 0 Å². The highest BCUT2D eigenvalue weighted by molar-refractivity contribution is 5.75. The first kappa shape index (κ1) is 15.2. The number of nitrogens with one attached hydrogen (secondary N) is 1. The molecular formula is C16H21FN2O3. The van der Waals surface area contributed by atoms with Crippen molar-refractivity contribution in [3.05, 3.63) is 35.1 Å². The zero-order valence-corrected chi connectivity index (χ0v) is 12.7. The van der Waals surface area contributed by atoms with Crippen LogP contribution in [-0.2, 0) is 15.9 Å². The van der Waals surface area contributed by atoms with Crippen molar-refractivity contribution in [1.29, 1.82) is 0 Å². The highest BCUT2D eigenvalue weighted by atomic mass is 19.1. The maximum absolute atomic E-state index is 13.4. The fourth-order valence-corrected chi connectivity index (χ4v) is 3.15. The molecule has 1 aliphatic carbocycles. The van der Waals surface area contributed by atoms with E-state index in [4.69, 9.17) is 9.47 Å². The Morgan fingerprint density at radius 3 is 3.23 bits per heavy atom. The van der Waals surface area contributed by atoms with Crippen molar-refractivity contribution in [2.75, 3.05) is 33.4 Å². The summed E-state index contributed by atoms with van der Waals surface area (Å²) < 4.78 is 24.0. The molecule has 6 heteroatoms. The van der Waals surface area contributed by atoms with Crippen molar-refractivity contribution in [3.63, 3.8) is 0 Å². The Morgan fingerprint density at radius 1 is 1.55 bits per heavy atom. The molecule has 1 aromatic carbocycles. The van der Waals surface area contributed by atoms with Gasteiger partial charge in [-0.25, -0.2) is 9.18 Å². The van der Waals surface area contributed by atoms with Gasteiger partial charge in [-0.3, -0.25) is 0 Å². The second kappa shape index (κ2) is 6.62. The first-order valence-electron chi connectivity index (χ1n) is 7.61. The van der Waals surface area contributed by atoms with E-state index in [1.807, 2.05) is 0 Å². The molecule has 1 fully saturated rings. The van der Waals surface area contributed by atoms with Crippen LogP contribution in [0.5, 0.6) is 0 Å². The SMILES string of the molecule is COC[C@H]1CN(C(=O)N[C@@H]2CCc3ccc(F)cc32)CCO1. The van der Waals surface area contributed by atoms with E-state index < -0.39 is 0 Å². The minimum Gasteiger partial charge on any atom is -0.382 e. The fourth-order valence-electron chi connectivity index (χ4n) is 3.15. The number of benzene rings is 1. The normalized spacial score (nSPS) is 24.2. The van der Waals surface area contributed by atoms with Gasteiger partial charge in [0.05, 0.1) is 31.9 Å². The summed E-state index contributed by atoms with van der Waals surface area (Å²) in [7, 11) is 1.62. The predicted octanol–water partition coefficient (Wildman–Crippen LogP) is 1.87. The Hall–Kier alpha value is -1.66. The summed E-state index contributed by atoms with van der Waals surface area (Å²) >= 11 is 0. The Labute approximate surface area is 129 Å². The number of urea groups is 1. The maximum atomic E-state index is 13.4. The Balaban J connectivity index is 1.62. The number of rotatable bonds is 3. The second-order valence-corrected chi connectivity index (χ2v) is 5.78. The van der Waals surface area contributed by atoms with E-state index in [1.165, 1.54) is 12.1 Å². The number of morpholine rings is 1. The van der Waals surface area contributed by atoms with Gasteiger partial charge < -0.3 is 19.7 Å². The van der Waals surface area contributed by atoms with Gasteiger partial charge >= 0.3 is 6.03 Å². The molecule has 1 N–H and O–H groups in total. The van der Waals surface area contributed by atoms with Crippen LogP contribution in [0.25, 0.3) is 0 Å². The third kappa shape index (κ3) is 3.23. The molecule has 0 unspecified atom stereocenters. The number of aryl methyl sites for hydroxylation is 1. The van der Waals surface area contributed by atoms with Crippen molar-refractivity contribution in [3.8, 4) is 0 Å². The minimum atomic E-state index is -0.258. The van der Waals surface area contributed by atoms with Gasteiger partial charge in [-0.2, -0.15) is 0 Å². The van der Waals surface area contributed by atoms with E-state index in [2.05, 4.69) is 5.32 Å². The highest BCUT2D eigenvalue weighted by Crippen LogP contribution is 2.31. The van der Waals surface area contributed by atoms with Gasteiger partial charge in [0.1, 0.15) is 5.82 Å². The lowest BCUT2D eigenvalue weighted by Crippen LogP contribution is -2.51. The number of hydrogen-bond donors (Lipinski definition) is 1. The van der Waals surface area contributed by atoms with Crippen molar-refractivity contribution in [2.24, 2.45) is 0 Å². The molecular weight excluding hydrogens is 287 g/mol. The molecule has 22 heavy (non-hydrogen) atoms. The Kier molecular flexibility index (Phi) is 4.59. The molecule has 3 rings (SSSR count). The number of nitrogens with zero attached hydrogens (tertiary/aromatic N) is 1. The van der Waals surface area contributed by atoms with Crippen molar-refractivity contribution in [2.45, 2.75) is 25.0 Å². The quantitative estimate of drug-likeness (QED) is 0.927. The van der Waals surface area contributed by atoms with Gasteiger partial charge in [0.2, 0.25) is 0 Å². The molecule has 0 bridgehead atoms. The molecule has 120 valence electrons. The summed E-state index contributed by atoms with van der Waals surface area (Å²) in [4.78, 5) is 14.2. The molecule has 2 atom stereocenters. The number of hydrogen-bond acceptors (Lipinski definition) is 3. The number of fused-ring (bicyclic) bond motifs is 1. The van der Waals surface area contributed by atoms with Crippen molar-refractivity contribution >= 4 is 6.03 Å². The first-order valence-corrected chi connectivity index (χ1v) is 7.61. The van der Waals surface area contributed by atoms with E-state index in [0.29, 0.717) is 26.3 Å². The average Bonchev–Trinajstić information content (AvgIpc) is 2.90. The lowest BCUT2D eigenvalue weighted by atomic mass is 10.1. The molecule has 1 aliphatic heterocycles. The lowest BCUT2D eigenvalue weighted by Gasteiger charge is -2.33. The lowest BCUT2D eigenvalue weighted by molar-refractivity contribution is -0.0496. The van der Waals surface area contributed by atoms with Crippen LogP contribution in [0, 0.1) is 5.82 Å². The van der Waals surface area contributed by atoms with Gasteiger partial charge in [-0.1, -0.05) is 6.07 Å². The maximum Gasteiger partial charge on any atom is 0.318 e. The van der Waals surface area contributed by atoms with Gasteiger partial charge in [0, 0.05) is 13.7 Å². The largest absolute Gasteiger partial charge is 0.382 e. The van der Waals surface area contributed by atoms with Crippen LogP contribution >= 0.6 is 0 Å². The first-order chi connectivity index (χ1) is 10.7. The summed E-state index contributed by atoms with van der Waals surface area (Å²) in [6.07, 6.45) is 1.60. The number of methoxy groups -OCH3 is 1. The average molecular weight is 308 g/mol. The fraction of sp³-hybridized carbons (Fsp3) is 0.562. The zero-order chi connectivity index (χ0) is 15.5.